The second-order valence-electron chi connectivity index (χ2n) is 6.81. The summed E-state index contributed by atoms with van der Waals surface area (Å²) in [7, 11) is 0. The molecule has 0 bridgehead atoms. The van der Waals surface area contributed by atoms with E-state index in [4.69, 9.17) is 4.74 Å². The Morgan fingerprint density at radius 3 is 2.67 bits per heavy atom. The largest absolute Gasteiger partial charge is 0.504 e. The van der Waals surface area contributed by atoms with Gasteiger partial charge < -0.3 is 25.2 Å². The highest BCUT2D eigenvalue weighted by Gasteiger charge is 2.36. The molecule has 1 saturated heterocycles. The quantitative estimate of drug-likeness (QED) is 0.410. The molecule has 2 amide bonds. The molecule has 2 rings (SSSR count). The van der Waals surface area contributed by atoms with Crippen LogP contribution in [0.1, 0.15) is 43.5 Å². The van der Waals surface area contributed by atoms with Crippen molar-refractivity contribution in [3.63, 3.8) is 0 Å². The minimum Gasteiger partial charge on any atom is -0.504 e. The third-order valence-corrected chi connectivity index (χ3v) is 5.58. The molecule has 1 aliphatic heterocycles. The van der Waals surface area contributed by atoms with E-state index in [1.54, 1.807) is 6.92 Å². The molecular weight excluding hydrogens is 412 g/mol. The lowest BCUT2D eigenvalue weighted by atomic mass is 10.1. The van der Waals surface area contributed by atoms with Crippen molar-refractivity contribution in [2.75, 3.05) is 18.9 Å². The van der Waals surface area contributed by atoms with Crippen LogP contribution in [0, 0.1) is 0 Å². The van der Waals surface area contributed by atoms with E-state index in [0.717, 1.165) is 17.8 Å². The van der Waals surface area contributed by atoms with Gasteiger partial charge in [-0.15, -0.1) is 0 Å². The number of carbonyl (C=O) groups is 4. The average molecular weight is 439 g/mol. The Kier molecular flexibility index (Phi) is 8.52. The number of hydrogen-bond acceptors (Lipinski definition) is 8. The summed E-state index contributed by atoms with van der Waals surface area (Å²) in [6.45, 7) is 3.93. The number of esters is 1. The van der Waals surface area contributed by atoms with E-state index in [1.807, 2.05) is 0 Å². The fourth-order valence-corrected chi connectivity index (χ4v) is 4.00. The normalized spacial score (nSPS) is 16.7. The van der Waals surface area contributed by atoms with E-state index in [0.29, 0.717) is 19.4 Å². The lowest BCUT2D eigenvalue weighted by molar-refractivity contribution is -0.142. The SMILES string of the molecule is CCOC(=O)CCSC(=O)C1CCCN1C(=O)C(C)NC(=O)c1ccc(O)c(O)c1. The summed E-state index contributed by atoms with van der Waals surface area (Å²) >= 11 is 1.00. The van der Waals surface area contributed by atoms with Gasteiger partial charge in [-0.2, -0.15) is 0 Å². The molecule has 0 spiro atoms. The van der Waals surface area contributed by atoms with Crippen molar-refractivity contribution in [2.45, 2.75) is 45.2 Å². The minimum absolute atomic E-state index is 0.0912. The van der Waals surface area contributed by atoms with Gasteiger partial charge in [0.15, 0.2) is 11.5 Å². The molecule has 2 atom stereocenters. The van der Waals surface area contributed by atoms with E-state index in [2.05, 4.69) is 5.32 Å². The molecule has 3 N–H and O–H groups in total. The molecule has 2 unspecified atom stereocenters. The molecule has 164 valence electrons. The van der Waals surface area contributed by atoms with Crippen molar-refractivity contribution in [1.82, 2.24) is 10.2 Å². The average Bonchev–Trinajstić information content (AvgIpc) is 3.19. The Morgan fingerprint density at radius 2 is 2.00 bits per heavy atom. The molecule has 30 heavy (non-hydrogen) atoms. The number of phenolic OH excluding ortho intramolecular Hbond substituents is 2. The number of thioether (sulfide) groups is 1. The monoisotopic (exact) mass is 438 g/mol. The smallest absolute Gasteiger partial charge is 0.306 e. The summed E-state index contributed by atoms with van der Waals surface area (Å²) in [5, 5.41) is 21.2. The molecular formula is C20H26N2O7S. The van der Waals surface area contributed by atoms with Crippen LogP contribution < -0.4 is 5.32 Å². The molecule has 0 radical (unpaired) electrons. The maximum absolute atomic E-state index is 12.8. The minimum atomic E-state index is -0.883. The van der Waals surface area contributed by atoms with Crippen molar-refractivity contribution in [2.24, 2.45) is 0 Å². The maximum atomic E-state index is 12.8. The van der Waals surface area contributed by atoms with Gasteiger partial charge >= 0.3 is 5.97 Å². The van der Waals surface area contributed by atoms with Crippen LogP contribution in [0.25, 0.3) is 0 Å². The summed E-state index contributed by atoms with van der Waals surface area (Å²) in [5.74, 6) is -1.84. The Balaban J connectivity index is 1.92. The first-order valence-electron chi connectivity index (χ1n) is 9.70. The lowest BCUT2D eigenvalue weighted by Gasteiger charge is -2.26. The number of nitrogens with one attached hydrogen (secondary N) is 1. The number of phenols is 2. The molecule has 1 fully saturated rings. The first-order chi connectivity index (χ1) is 14.2. The highest BCUT2D eigenvalue weighted by Crippen LogP contribution is 2.26. The van der Waals surface area contributed by atoms with Crippen molar-refractivity contribution in [1.29, 1.82) is 0 Å². The van der Waals surface area contributed by atoms with E-state index in [9.17, 15) is 29.4 Å². The van der Waals surface area contributed by atoms with Crippen molar-refractivity contribution < 1.29 is 34.1 Å². The third kappa shape index (κ3) is 6.12. The number of ether oxygens (including phenoxy) is 1. The summed E-state index contributed by atoms with van der Waals surface area (Å²) in [6.07, 6.45) is 1.33. The third-order valence-electron chi connectivity index (χ3n) is 4.62. The number of hydrogen-bond donors (Lipinski definition) is 3. The number of aromatic hydroxyl groups is 2. The van der Waals surface area contributed by atoms with E-state index in [1.165, 1.54) is 24.0 Å². The Labute approximate surface area is 178 Å². The van der Waals surface area contributed by atoms with Crippen LogP contribution >= 0.6 is 11.8 Å². The van der Waals surface area contributed by atoms with E-state index < -0.39 is 23.7 Å². The first kappa shape index (κ1) is 23.5. The van der Waals surface area contributed by atoms with Gasteiger partial charge in [-0.1, -0.05) is 11.8 Å². The van der Waals surface area contributed by atoms with Gasteiger partial charge in [0.2, 0.25) is 11.0 Å². The standard InChI is InChI=1S/C20H26N2O7S/c1-3-29-17(25)8-10-30-20(28)14-5-4-9-22(14)19(27)12(2)21-18(26)13-6-7-15(23)16(24)11-13/h6-7,11-12,14,23-24H,3-5,8-10H2,1-2H3,(H,21,26). The zero-order valence-corrected chi connectivity index (χ0v) is 17.7. The van der Waals surface area contributed by atoms with Gasteiger partial charge in [0.05, 0.1) is 13.0 Å². The summed E-state index contributed by atoms with van der Waals surface area (Å²) in [4.78, 5) is 50.5. The molecule has 1 aromatic rings. The van der Waals surface area contributed by atoms with Crippen molar-refractivity contribution >= 4 is 34.7 Å². The van der Waals surface area contributed by atoms with Gasteiger partial charge in [0.25, 0.3) is 5.91 Å². The molecule has 0 aliphatic carbocycles. The molecule has 1 heterocycles. The number of benzene rings is 1. The summed E-state index contributed by atoms with van der Waals surface area (Å²) in [6, 6.07) is 2.13. The summed E-state index contributed by atoms with van der Waals surface area (Å²) in [5.41, 5.74) is 0.0912. The highest BCUT2D eigenvalue weighted by atomic mass is 32.2. The lowest BCUT2D eigenvalue weighted by Crippen LogP contribution is -2.50. The molecule has 1 aromatic carbocycles. The predicted molar refractivity (Wildman–Crippen MR) is 110 cm³/mol. The Morgan fingerprint density at radius 1 is 1.27 bits per heavy atom. The molecule has 10 heteroatoms. The van der Waals surface area contributed by atoms with E-state index >= 15 is 0 Å². The first-order valence-corrected chi connectivity index (χ1v) is 10.7. The zero-order chi connectivity index (χ0) is 22.3. The van der Waals surface area contributed by atoms with Gasteiger partial charge in [0, 0.05) is 17.9 Å². The predicted octanol–water partition coefficient (Wildman–Crippen LogP) is 1.42. The van der Waals surface area contributed by atoms with Crippen molar-refractivity contribution in [3.8, 4) is 11.5 Å². The van der Waals surface area contributed by atoms with Crippen LogP contribution in [0.15, 0.2) is 18.2 Å². The molecule has 9 nitrogen and oxygen atoms in total. The Bertz CT molecular complexity index is 814. The molecule has 0 saturated carbocycles. The zero-order valence-electron chi connectivity index (χ0n) is 16.9. The van der Waals surface area contributed by atoms with Gasteiger partial charge in [0.1, 0.15) is 12.1 Å². The highest BCUT2D eigenvalue weighted by molar-refractivity contribution is 8.13. The van der Waals surface area contributed by atoms with Gasteiger partial charge in [-0.05, 0) is 44.9 Å². The molecule has 1 aliphatic rings. The topological polar surface area (TPSA) is 133 Å². The fourth-order valence-electron chi connectivity index (χ4n) is 3.09. The van der Waals surface area contributed by atoms with Crippen LogP contribution in [0.4, 0.5) is 0 Å². The van der Waals surface area contributed by atoms with Crippen LogP contribution in [0.3, 0.4) is 0 Å². The number of amides is 2. The van der Waals surface area contributed by atoms with Crippen LogP contribution in [-0.2, 0) is 19.1 Å². The second kappa shape index (κ2) is 10.9. The number of nitrogens with zero attached hydrogens (tertiary/aromatic N) is 1. The fraction of sp³-hybridized carbons (Fsp3) is 0.500. The van der Waals surface area contributed by atoms with E-state index in [-0.39, 0.29) is 47.1 Å². The van der Waals surface area contributed by atoms with Crippen LogP contribution in [-0.4, -0.2) is 69.0 Å². The summed E-state index contributed by atoms with van der Waals surface area (Å²) < 4.78 is 4.83. The second-order valence-corrected chi connectivity index (χ2v) is 7.91. The van der Waals surface area contributed by atoms with Gasteiger partial charge in [-0.3, -0.25) is 19.2 Å². The van der Waals surface area contributed by atoms with Crippen molar-refractivity contribution in [3.05, 3.63) is 23.8 Å². The molecule has 0 aromatic heterocycles. The van der Waals surface area contributed by atoms with Gasteiger partial charge in [-0.25, -0.2) is 0 Å². The number of rotatable bonds is 8. The number of carbonyl (C=O) groups excluding carboxylic acids is 4. The number of likely N-dealkylation sites (tertiary alicyclic amines) is 1. The van der Waals surface area contributed by atoms with Crippen LogP contribution in [0.5, 0.6) is 11.5 Å². The maximum Gasteiger partial charge on any atom is 0.306 e. The Hall–Kier alpha value is -2.75. The van der Waals surface area contributed by atoms with Crippen LogP contribution in [0.2, 0.25) is 0 Å².